The van der Waals surface area contributed by atoms with Gasteiger partial charge in [0.2, 0.25) is 0 Å². The Morgan fingerprint density at radius 2 is 2.08 bits per heavy atom. The van der Waals surface area contributed by atoms with E-state index in [1.807, 2.05) is 37.8 Å². The van der Waals surface area contributed by atoms with Crippen molar-refractivity contribution < 1.29 is 4.52 Å². The fraction of sp³-hybridized carbons (Fsp3) is 0.450. The molecule has 4 rings (SSSR count). The molecule has 3 aromatic rings. The van der Waals surface area contributed by atoms with Crippen LogP contribution in [0.25, 0.3) is 11.3 Å². The van der Waals surface area contributed by atoms with Crippen LogP contribution in [0.2, 0.25) is 0 Å². The molecule has 1 fully saturated rings. The molecular formula is C20H25N5O. The molecule has 136 valence electrons. The van der Waals surface area contributed by atoms with Gasteiger partial charge < -0.3 is 4.52 Å². The summed E-state index contributed by atoms with van der Waals surface area (Å²) in [7, 11) is 1.97. The van der Waals surface area contributed by atoms with Gasteiger partial charge >= 0.3 is 0 Å². The van der Waals surface area contributed by atoms with Gasteiger partial charge in [-0.2, -0.15) is 5.10 Å². The number of nitrogens with zero attached hydrogens (tertiary/aromatic N) is 5. The standard InChI is InChI=1S/C20H25N5O/c1-14-20(15(2)26-23-14)19-6-4-5-17(21-19)11-16-7-10-25(12-16)13-18-8-9-24(3)22-18/h4-6,8-9,16H,7,10-13H2,1-3H3. The highest BCUT2D eigenvalue weighted by molar-refractivity contribution is 5.63. The van der Waals surface area contributed by atoms with E-state index in [2.05, 4.69) is 33.4 Å². The molecule has 4 heterocycles. The van der Waals surface area contributed by atoms with Crippen LogP contribution in [0.5, 0.6) is 0 Å². The van der Waals surface area contributed by atoms with Crippen molar-refractivity contribution in [1.29, 1.82) is 0 Å². The predicted octanol–water partition coefficient (Wildman–Crippen LogP) is 3.15. The third-order valence-corrected chi connectivity index (χ3v) is 5.12. The van der Waals surface area contributed by atoms with Gasteiger partial charge in [0.05, 0.1) is 22.6 Å². The first-order valence-electron chi connectivity index (χ1n) is 9.18. The lowest BCUT2D eigenvalue weighted by Gasteiger charge is -2.14. The van der Waals surface area contributed by atoms with Crippen molar-refractivity contribution in [3.05, 3.63) is 53.3 Å². The molecule has 0 N–H and O–H groups in total. The number of hydrogen-bond acceptors (Lipinski definition) is 5. The summed E-state index contributed by atoms with van der Waals surface area (Å²) in [6.07, 6.45) is 4.23. The zero-order valence-corrected chi connectivity index (χ0v) is 15.6. The van der Waals surface area contributed by atoms with E-state index in [0.29, 0.717) is 5.92 Å². The summed E-state index contributed by atoms with van der Waals surface area (Å²) < 4.78 is 7.16. The van der Waals surface area contributed by atoms with E-state index in [1.54, 1.807) is 0 Å². The van der Waals surface area contributed by atoms with Gasteiger partial charge in [-0.15, -0.1) is 0 Å². The quantitative estimate of drug-likeness (QED) is 0.707. The molecule has 0 radical (unpaired) electrons. The van der Waals surface area contributed by atoms with E-state index in [9.17, 15) is 0 Å². The van der Waals surface area contributed by atoms with Gasteiger partial charge in [0.25, 0.3) is 0 Å². The van der Waals surface area contributed by atoms with Gasteiger partial charge in [-0.3, -0.25) is 14.6 Å². The van der Waals surface area contributed by atoms with E-state index >= 15 is 0 Å². The average Bonchev–Trinajstić information content (AvgIpc) is 3.30. The Balaban J connectivity index is 1.41. The van der Waals surface area contributed by atoms with Crippen molar-refractivity contribution >= 4 is 0 Å². The Labute approximate surface area is 153 Å². The molecule has 0 aliphatic carbocycles. The first-order valence-corrected chi connectivity index (χ1v) is 9.18. The van der Waals surface area contributed by atoms with Crippen LogP contribution in [0, 0.1) is 19.8 Å². The number of aromatic nitrogens is 4. The molecule has 1 unspecified atom stereocenters. The Kier molecular flexibility index (Phi) is 4.59. The number of aryl methyl sites for hydroxylation is 3. The highest BCUT2D eigenvalue weighted by Gasteiger charge is 2.24. The monoisotopic (exact) mass is 351 g/mol. The summed E-state index contributed by atoms with van der Waals surface area (Å²) in [6.45, 7) is 7.07. The third-order valence-electron chi connectivity index (χ3n) is 5.12. The second kappa shape index (κ2) is 7.03. The minimum atomic E-state index is 0.645. The van der Waals surface area contributed by atoms with Crippen LogP contribution in [0.4, 0.5) is 0 Å². The Hall–Kier alpha value is -2.47. The summed E-state index contributed by atoms with van der Waals surface area (Å²) in [4.78, 5) is 7.37. The van der Waals surface area contributed by atoms with Crippen LogP contribution in [-0.4, -0.2) is 37.9 Å². The van der Waals surface area contributed by atoms with E-state index in [1.165, 1.54) is 6.42 Å². The normalized spacial score (nSPS) is 17.9. The maximum Gasteiger partial charge on any atom is 0.143 e. The first-order chi connectivity index (χ1) is 12.6. The van der Waals surface area contributed by atoms with Crippen LogP contribution in [0.1, 0.15) is 29.3 Å². The van der Waals surface area contributed by atoms with Gasteiger partial charge in [0.1, 0.15) is 5.76 Å². The molecule has 3 aromatic heterocycles. The summed E-state index contributed by atoms with van der Waals surface area (Å²) in [5.41, 5.74) is 5.17. The van der Waals surface area contributed by atoms with Gasteiger partial charge in [-0.05, 0) is 57.4 Å². The smallest absolute Gasteiger partial charge is 0.143 e. The summed E-state index contributed by atoms with van der Waals surface area (Å²) >= 11 is 0. The third kappa shape index (κ3) is 3.55. The molecule has 1 saturated heterocycles. The molecule has 6 nitrogen and oxygen atoms in total. The minimum absolute atomic E-state index is 0.645. The van der Waals surface area contributed by atoms with Crippen molar-refractivity contribution in [2.75, 3.05) is 13.1 Å². The number of hydrogen-bond donors (Lipinski definition) is 0. The van der Waals surface area contributed by atoms with Crippen LogP contribution in [-0.2, 0) is 20.0 Å². The van der Waals surface area contributed by atoms with Crippen molar-refractivity contribution in [3.63, 3.8) is 0 Å². The summed E-state index contributed by atoms with van der Waals surface area (Å²) in [5, 5.41) is 8.54. The summed E-state index contributed by atoms with van der Waals surface area (Å²) in [5.74, 6) is 1.47. The Bertz CT molecular complexity index is 878. The van der Waals surface area contributed by atoms with E-state index in [4.69, 9.17) is 9.51 Å². The molecule has 0 aromatic carbocycles. The predicted molar refractivity (Wildman–Crippen MR) is 99.5 cm³/mol. The number of rotatable bonds is 5. The Morgan fingerprint density at radius 1 is 1.19 bits per heavy atom. The summed E-state index contributed by atoms with van der Waals surface area (Å²) in [6, 6.07) is 8.35. The molecule has 0 bridgehead atoms. The lowest BCUT2D eigenvalue weighted by molar-refractivity contribution is 0.311. The van der Waals surface area contributed by atoms with Crippen molar-refractivity contribution in [3.8, 4) is 11.3 Å². The highest BCUT2D eigenvalue weighted by Crippen LogP contribution is 2.27. The second-order valence-electron chi connectivity index (χ2n) is 7.29. The van der Waals surface area contributed by atoms with Crippen LogP contribution in [0.3, 0.4) is 0 Å². The van der Waals surface area contributed by atoms with Gasteiger partial charge in [0.15, 0.2) is 0 Å². The zero-order chi connectivity index (χ0) is 18.1. The van der Waals surface area contributed by atoms with Gasteiger partial charge in [-0.1, -0.05) is 11.2 Å². The molecule has 1 aliphatic heterocycles. The SMILES string of the molecule is Cc1noc(C)c1-c1cccc(CC2CCN(Cc3ccn(C)n3)C2)n1. The van der Waals surface area contributed by atoms with E-state index < -0.39 is 0 Å². The fourth-order valence-electron chi connectivity index (χ4n) is 3.88. The van der Waals surface area contributed by atoms with E-state index in [-0.39, 0.29) is 0 Å². The molecule has 0 saturated carbocycles. The number of pyridine rings is 1. The molecule has 26 heavy (non-hydrogen) atoms. The van der Waals surface area contributed by atoms with Crippen LogP contribution >= 0.6 is 0 Å². The van der Waals surface area contributed by atoms with E-state index in [0.717, 1.165) is 60.2 Å². The zero-order valence-electron chi connectivity index (χ0n) is 15.6. The molecular weight excluding hydrogens is 326 g/mol. The molecule has 1 atom stereocenters. The van der Waals surface area contributed by atoms with Gasteiger partial charge in [0, 0.05) is 32.0 Å². The largest absolute Gasteiger partial charge is 0.361 e. The highest BCUT2D eigenvalue weighted by atomic mass is 16.5. The molecule has 0 spiro atoms. The lowest BCUT2D eigenvalue weighted by Crippen LogP contribution is -2.21. The molecule has 6 heteroatoms. The topological polar surface area (TPSA) is 60.0 Å². The fourth-order valence-corrected chi connectivity index (χ4v) is 3.88. The van der Waals surface area contributed by atoms with Crippen LogP contribution < -0.4 is 0 Å². The maximum absolute atomic E-state index is 5.29. The Morgan fingerprint density at radius 3 is 2.81 bits per heavy atom. The molecule has 1 aliphatic rings. The number of likely N-dealkylation sites (tertiary alicyclic amines) is 1. The molecule has 0 amide bonds. The average molecular weight is 351 g/mol. The lowest BCUT2D eigenvalue weighted by atomic mass is 10.0. The second-order valence-corrected chi connectivity index (χ2v) is 7.29. The van der Waals surface area contributed by atoms with Gasteiger partial charge in [-0.25, -0.2) is 0 Å². The van der Waals surface area contributed by atoms with Crippen molar-refractivity contribution in [1.82, 2.24) is 24.8 Å². The maximum atomic E-state index is 5.29. The van der Waals surface area contributed by atoms with Crippen LogP contribution in [0.15, 0.2) is 35.0 Å². The first kappa shape index (κ1) is 17.0. The van der Waals surface area contributed by atoms with Crippen molar-refractivity contribution in [2.24, 2.45) is 13.0 Å². The van der Waals surface area contributed by atoms with Crippen molar-refractivity contribution in [2.45, 2.75) is 33.2 Å². The minimum Gasteiger partial charge on any atom is -0.361 e.